The first kappa shape index (κ1) is 30.3. The van der Waals surface area contributed by atoms with Gasteiger partial charge in [-0.3, -0.25) is 4.55 Å². The Kier molecular flexibility index (Phi) is 10.6. The molecule has 0 radical (unpaired) electrons. The van der Waals surface area contributed by atoms with E-state index in [4.69, 9.17) is 18.6 Å². The summed E-state index contributed by atoms with van der Waals surface area (Å²) in [6.07, 6.45) is -0.476. The van der Waals surface area contributed by atoms with Gasteiger partial charge in [-0.25, -0.2) is 0 Å². The zero-order valence-corrected chi connectivity index (χ0v) is 24.6. The van der Waals surface area contributed by atoms with Crippen molar-refractivity contribution in [3.63, 3.8) is 0 Å². The first-order chi connectivity index (χ1) is 16.7. The molecular formula is C27H42O7SSi. The second-order valence-corrected chi connectivity index (χ2v) is 16.9. The molecule has 0 aliphatic carbocycles. The summed E-state index contributed by atoms with van der Waals surface area (Å²) in [6.45, 7) is 13.0. The normalized spacial score (nSPS) is 14.4. The smallest absolute Gasteiger partial charge is 0.264 e. The highest BCUT2D eigenvalue weighted by Gasteiger charge is 2.42. The maximum atomic E-state index is 11.7. The van der Waals surface area contributed by atoms with Gasteiger partial charge in [-0.2, -0.15) is 8.42 Å². The van der Waals surface area contributed by atoms with Crippen molar-refractivity contribution >= 4 is 18.4 Å². The van der Waals surface area contributed by atoms with Crippen molar-refractivity contribution in [3.05, 3.63) is 59.2 Å². The van der Waals surface area contributed by atoms with Gasteiger partial charge in [-0.1, -0.05) is 51.1 Å². The van der Waals surface area contributed by atoms with Crippen LogP contribution in [0.4, 0.5) is 0 Å². The molecule has 0 aliphatic rings. The predicted molar refractivity (Wildman–Crippen MR) is 146 cm³/mol. The molecule has 7 nitrogen and oxygen atoms in total. The van der Waals surface area contributed by atoms with Crippen LogP contribution in [-0.2, 0) is 25.7 Å². The predicted octanol–water partition coefficient (Wildman–Crippen LogP) is 5.98. The fraction of sp³-hybridized carbons (Fsp3) is 0.556. The van der Waals surface area contributed by atoms with E-state index in [1.807, 2.05) is 49.4 Å². The van der Waals surface area contributed by atoms with Gasteiger partial charge in [0.1, 0.15) is 11.5 Å². The quantitative estimate of drug-likeness (QED) is 0.248. The van der Waals surface area contributed by atoms with Gasteiger partial charge in [-0.15, -0.1) is 0 Å². The molecule has 0 saturated heterocycles. The van der Waals surface area contributed by atoms with Gasteiger partial charge < -0.3 is 18.6 Å². The lowest BCUT2D eigenvalue weighted by Crippen LogP contribution is -2.44. The van der Waals surface area contributed by atoms with E-state index in [1.165, 1.54) is 0 Å². The van der Waals surface area contributed by atoms with Crippen molar-refractivity contribution in [2.45, 2.75) is 70.9 Å². The fourth-order valence-corrected chi connectivity index (χ4v) is 5.49. The van der Waals surface area contributed by atoms with E-state index in [9.17, 15) is 13.0 Å². The molecule has 0 unspecified atom stereocenters. The lowest BCUT2D eigenvalue weighted by Gasteiger charge is -2.41. The molecule has 0 heterocycles. The summed E-state index contributed by atoms with van der Waals surface area (Å²) in [6, 6.07) is 13.7. The molecule has 1 N–H and O–H groups in total. The van der Waals surface area contributed by atoms with E-state index < -0.39 is 36.4 Å². The topological polar surface area (TPSA) is 91.3 Å². The van der Waals surface area contributed by atoms with Gasteiger partial charge >= 0.3 is 0 Å². The monoisotopic (exact) mass is 538 g/mol. The summed E-state index contributed by atoms with van der Waals surface area (Å²) in [7, 11) is -3.33. The molecule has 0 amide bonds. The number of benzene rings is 2. The van der Waals surface area contributed by atoms with Crippen LogP contribution in [0.2, 0.25) is 18.1 Å². The van der Waals surface area contributed by atoms with Crippen molar-refractivity contribution < 1.29 is 31.6 Å². The third-order valence-corrected chi connectivity index (χ3v) is 12.1. The highest BCUT2D eigenvalue weighted by Crippen LogP contribution is 2.43. The van der Waals surface area contributed by atoms with Gasteiger partial charge in [-0.05, 0) is 61.2 Å². The molecule has 2 aromatic rings. The number of hydrogen-bond donors (Lipinski definition) is 1. The second-order valence-electron chi connectivity index (χ2n) is 10.6. The van der Waals surface area contributed by atoms with Crippen LogP contribution < -0.4 is 9.47 Å². The summed E-state index contributed by atoms with van der Waals surface area (Å²) in [5.74, 6) is 0.859. The maximum absolute atomic E-state index is 11.7. The van der Waals surface area contributed by atoms with E-state index >= 15 is 0 Å². The van der Waals surface area contributed by atoms with E-state index in [2.05, 4.69) is 33.9 Å². The van der Waals surface area contributed by atoms with Gasteiger partial charge in [0.15, 0.2) is 8.32 Å². The second kappa shape index (κ2) is 12.6. The lowest BCUT2D eigenvalue weighted by molar-refractivity contribution is -0.0332. The van der Waals surface area contributed by atoms with Crippen LogP contribution in [0.1, 0.15) is 50.0 Å². The first-order valence-corrected chi connectivity index (χ1v) is 16.7. The standard InChI is InChI=1S/C27H42O7SSi/c1-20-24(31-5)18-22(19-25(20)32-6)26(34-36(7,8)27(2,3)4)23(15-17-35(28,29)30)33-16-14-21-12-10-9-11-13-21/h9-13,18-19,23,26H,14-17H2,1-8H3,(H,28,29,30)/t23-,26+/m0/s1. The van der Waals surface area contributed by atoms with Crippen molar-refractivity contribution in [2.75, 3.05) is 26.6 Å². The number of ether oxygens (including phenoxy) is 3. The summed E-state index contributed by atoms with van der Waals surface area (Å²) in [5.41, 5.74) is 2.75. The zero-order chi connectivity index (χ0) is 27.1. The van der Waals surface area contributed by atoms with Crippen molar-refractivity contribution in [3.8, 4) is 11.5 Å². The molecule has 0 aromatic heterocycles. The molecule has 2 aromatic carbocycles. The lowest BCUT2D eigenvalue weighted by atomic mass is 9.99. The van der Waals surface area contributed by atoms with Crippen LogP contribution in [0.5, 0.6) is 11.5 Å². The Morgan fingerprint density at radius 3 is 2.03 bits per heavy atom. The molecule has 0 spiro atoms. The van der Waals surface area contributed by atoms with Crippen molar-refractivity contribution in [1.82, 2.24) is 0 Å². The molecule has 2 atom stereocenters. The number of methoxy groups -OCH3 is 2. The van der Waals surface area contributed by atoms with Crippen LogP contribution in [0.25, 0.3) is 0 Å². The molecule has 0 fully saturated rings. The van der Waals surface area contributed by atoms with Crippen molar-refractivity contribution in [2.24, 2.45) is 0 Å². The van der Waals surface area contributed by atoms with Crippen LogP contribution in [0, 0.1) is 6.92 Å². The number of hydrogen-bond acceptors (Lipinski definition) is 6. The Morgan fingerprint density at radius 1 is 1.00 bits per heavy atom. The average molecular weight is 539 g/mol. The minimum atomic E-state index is -4.19. The summed E-state index contributed by atoms with van der Waals surface area (Å²) < 4.78 is 57.4. The molecule has 0 saturated carbocycles. The minimum Gasteiger partial charge on any atom is -0.496 e. The van der Waals surface area contributed by atoms with E-state index in [0.29, 0.717) is 24.5 Å². The van der Waals surface area contributed by atoms with Crippen LogP contribution >= 0.6 is 0 Å². The average Bonchev–Trinajstić information content (AvgIpc) is 2.79. The summed E-state index contributed by atoms with van der Waals surface area (Å²) >= 11 is 0. The molecule has 2 rings (SSSR count). The zero-order valence-electron chi connectivity index (χ0n) is 22.8. The van der Waals surface area contributed by atoms with Crippen LogP contribution in [0.3, 0.4) is 0 Å². The highest BCUT2D eigenvalue weighted by molar-refractivity contribution is 7.85. The molecule has 9 heteroatoms. The Bertz CT molecular complexity index is 1050. The molecule has 0 bridgehead atoms. The van der Waals surface area contributed by atoms with Gasteiger partial charge in [0.05, 0.1) is 38.8 Å². The summed E-state index contributed by atoms with van der Waals surface area (Å²) in [4.78, 5) is 0. The Labute approximate surface area is 218 Å². The van der Waals surface area contributed by atoms with E-state index in [1.54, 1.807) is 14.2 Å². The largest absolute Gasteiger partial charge is 0.496 e. The first-order valence-electron chi connectivity index (χ1n) is 12.2. The Balaban J connectivity index is 2.52. The maximum Gasteiger partial charge on any atom is 0.264 e. The summed E-state index contributed by atoms with van der Waals surface area (Å²) in [5, 5.41) is -0.0955. The molecular weight excluding hydrogens is 496 g/mol. The number of rotatable bonds is 13. The van der Waals surface area contributed by atoms with E-state index in [0.717, 1.165) is 16.7 Å². The minimum absolute atomic E-state index is 0.0748. The SMILES string of the molecule is COc1cc([C@@H](O[Si](C)(C)C(C)(C)C)[C@H](CCS(=O)(=O)O)OCCc2ccccc2)cc(OC)c1C. The molecule has 202 valence electrons. The van der Waals surface area contributed by atoms with Gasteiger partial charge in [0, 0.05) is 5.56 Å². The van der Waals surface area contributed by atoms with Gasteiger partial charge in [0.2, 0.25) is 0 Å². The van der Waals surface area contributed by atoms with Crippen LogP contribution in [-0.4, -0.2) is 54.0 Å². The third-order valence-electron chi connectivity index (χ3n) is 6.89. The third kappa shape index (κ3) is 8.59. The van der Waals surface area contributed by atoms with E-state index in [-0.39, 0.29) is 11.5 Å². The van der Waals surface area contributed by atoms with Crippen molar-refractivity contribution in [1.29, 1.82) is 0 Å². The Hall–Kier alpha value is -1.91. The Morgan fingerprint density at radius 2 is 1.56 bits per heavy atom. The highest BCUT2D eigenvalue weighted by atomic mass is 32.2. The van der Waals surface area contributed by atoms with Crippen LogP contribution in [0.15, 0.2) is 42.5 Å². The molecule has 36 heavy (non-hydrogen) atoms. The van der Waals surface area contributed by atoms with Gasteiger partial charge in [0.25, 0.3) is 10.1 Å². The molecule has 0 aliphatic heterocycles. The fourth-order valence-electron chi connectivity index (χ4n) is 3.68.